The lowest BCUT2D eigenvalue weighted by atomic mass is 10.0. The first-order valence-corrected chi connectivity index (χ1v) is 13.2. The van der Waals surface area contributed by atoms with Crippen molar-refractivity contribution < 1.29 is 14.0 Å². The number of hydrazone groups is 1. The fourth-order valence-electron chi connectivity index (χ4n) is 3.83. The molecule has 0 bridgehead atoms. The summed E-state index contributed by atoms with van der Waals surface area (Å²) in [6.45, 7) is 9.68. The van der Waals surface area contributed by atoms with Crippen molar-refractivity contribution in [3.63, 3.8) is 0 Å². The molecule has 1 saturated heterocycles. The van der Waals surface area contributed by atoms with E-state index in [9.17, 15) is 14.0 Å². The van der Waals surface area contributed by atoms with Crippen molar-refractivity contribution >= 4 is 41.7 Å². The zero-order valence-electron chi connectivity index (χ0n) is 22.3. The van der Waals surface area contributed by atoms with Crippen molar-refractivity contribution in [2.45, 2.75) is 59.8 Å². The molecule has 1 aromatic carbocycles. The average Bonchev–Trinajstić information content (AvgIpc) is 3.09. The largest absolute Gasteiger partial charge is 0.343 e. The van der Waals surface area contributed by atoms with Gasteiger partial charge in [-0.05, 0) is 87.3 Å². The van der Waals surface area contributed by atoms with Crippen LogP contribution < -0.4 is 5.32 Å². The minimum atomic E-state index is -0.404. The molecule has 9 heteroatoms. The monoisotopic (exact) mass is 531 g/mol. The number of amides is 3. The van der Waals surface area contributed by atoms with E-state index in [0.717, 1.165) is 37.8 Å². The number of hydrogen-bond acceptors (Lipinski definition) is 4. The molecule has 37 heavy (non-hydrogen) atoms. The summed E-state index contributed by atoms with van der Waals surface area (Å²) in [6.07, 6.45) is 10.6. The van der Waals surface area contributed by atoms with E-state index < -0.39 is 6.03 Å². The van der Waals surface area contributed by atoms with Crippen LogP contribution in [0, 0.1) is 17.7 Å². The third kappa shape index (κ3) is 12.2. The lowest BCUT2D eigenvalue weighted by molar-refractivity contribution is -0.131. The number of benzene rings is 1. The van der Waals surface area contributed by atoms with Gasteiger partial charge in [0, 0.05) is 49.2 Å². The number of allylic oxidation sites excluding steroid dienone is 3. The van der Waals surface area contributed by atoms with Gasteiger partial charge in [0.2, 0.25) is 5.91 Å². The number of likely N-dealkylation sites (tertiary alicyclic amines) is 1. The molecule has 3 amide bonds. The zero-order valence-corrected chi connectivity index (χ0v) is 23.0. The van der Waals surface area contributed by atoms with E-state index >= 15 is 0 Å². The number of rotatable bonds is 10. The Hall–Kier alpha value is -3.00. The van der Waals surface area contributed by atoms with E-state index in [1.54, 1.807) is 25.4 Å². The van der Waals surface area contributed by atoms with Gasteiger partial charge in [0.25, 0.3) is 0 Å². The fraction of sp³-hybridized carbons (Fsp3) is 0.500. The summed E-state index contributed by atoms with van der Waals surface area (Å²) in [5, 5.41) is 9.22. The summed E-state index contributed by atoms with van der Waals surface area (Å²) in [6, 6.07) is 5.20. The summed E-state index contributed by atoms with van der Waals surface area (Å²) in [4.78, 5) is 31.7. The number of urea groups is 1. The highest BCUT2D eigenvalue weighted by Crippen LogP contribution is 2.21. The molecule has 0 saturated carbocycles. The number of anilines is 1. The van der Waals surface area contributed by atoms with Crippen molar-refractivity contribution in [1.29, 1.82) is 0 Å². The first-order chi connectivity index (χ1) is 17.6. The van der Waals surface area contributed by atoms with Crippen LogP contribution in [-0.2, 0) is 4.79 Å². The van der Waals surface area contributed by atoms with Crippen molar-refractivity contribution in [1.82, 2.24) is 9.91 Å². The minimum Gasteiger partial charge on any atom is -0.343 e. The first-order valence-electron chi connectivity index (χ1n) is 12.8. The maximum absolute atomic E-state index is 13.3. The Balaban J connectivity index is 2.09. The van der Waals surface area contributed by atoms with Crippen molar-refractivity contribution in [3.8, 4) is 0 Å². The van der Waals surface area contributed by atoms with Gasteiger partial charge in [-0.15, -0.1) is 0 Å². The Morgan fingerprint density at radius 1 is 1.22 bits per heavy atom. The standard InChI is InChI=1S/C28H39ClFN5O2/c1-21(2)7-12-27(36)34-16-5-6-24(14-17-34)20-35(28(37)33-26-10-8-25(30)9-11-26)32-18-22(3)13-15-31-19-23(4)29/h8-11,13,15,18-19,21,24H,5-7,12,14,16-17,20H2,1-4H3,(H,33,37)/b22-13+,23-19+,31-15+,32-18+. The molecule has 0 radical (unpaired) electrons. The van der Waals surface area contributed by atoms with Crippen LogP contribution in [0.2, 0.25) is 0 Å². The zero-order chi connectivity index (χ0) is 27.2. The third-order valence-electron chi connectivity index (χ3n) is 5.97. The summed E-state index contributed by atoms with van der Waals surface area (Å²) in [5.41, 5.74) is 1.28. The summed E-state index contributed by atoms with van der Waals surface area (Å²) in [5.74, 6) is 0.529. The van der Waals surface area contributed by atoms with E-state index in [1.807, 2.05) is 11.8 Å². The van der Waals surface area contributed by atoms with Gasteiger partial charge < -0.3 is 10.2 Å². The van der Waals surface area contributed by atoms with Gasteiger partial charge in [0.1, 0.15) is 5.82 Å². The summed E-state index contributed by atoms with van der Waals surface area (Å²) in [7, 11) is 0. The van der Waals surface area contributed by atoms with Crippen LogP contribution in [0.25, 0.3) is 0 Å². The fourth-order valence-corrected chi connectivity index (χ4v) is 3.88. The summed E-state index contributed by atoms with van der Waals surface area (Å²) >= 11 is 5.77. The van der Waals surface area contributed by atoms with Crippen LogP contribution in [0.15, 0.2) is 57.2 Å². The number of halogens is 2. The van der Waals surface area contributed by atoms with Gasteiger partial charge >= 0.3 is 6.03 Å². The molecular weight excluding hydrogens is 493 g/mol. The van der Waals surface area contributed by atoms with Crippen LogP contribution in [0.4, 0.5) is 14.9 Å². The number of nitrogens with zero attached hydrogens (tertiary/aromatic N) is 4. The van der Waals surface area contributed by atoms with E-state index in [0.29, 0.717) is 36.1 Å². The number of carbonyl (C=O) groups is 2. The highest BCUT2D eigenvalue weighted by molar-refractivity contribution is 6.29. The lowest BCUT2D eigenvalue weighted by Gasteiger charge is -2.24. The number of carbonyl (C=O) groups excluding carboxylic acids is 2. The van der Waals surface area contributed by atoms with Gasteiger partial charge in [-0.3, -0.25) is 9.79 Å². The van der Waals surface area contributed by atoms with E-state index in [-0.39, 0.29) is 17.6 Å². The van der Waals surface area contributed by atoms with Crippen molar-refractivity contribution in [2.75, 3.05) is 25.0 Å². The quantitative estimate of drug-likeness (QED) is 0.265. The van der Waals surface area contributed by atoms with Gasteiger partial charge in [0.15, 0.2) is 0 Å². The van der Waals surface area contributed by atoms with E-state index in [4.69, 9.17) is 11.6 Å². The molecule has 1 aromatic rings. The van der Waals surface area contributed by atoms with Gasteiger partial charge in [0.05, 0.1) is 6.21 Å². The van der Waals surface area contributed by atoms with Gasteiger partial charge in [-0.1, -0.05) is 25.4 Å². The molecule has 2 rings (SSSR count). The van der Waals surface area contributed by atoms with E-state index in [2.05, 4.69) is 29.3 Å². The Bertz CT molecular complexity index is 1000. The predicted octanol–water partition coefficient (Wildman–Crippen LogP) is 6.83. The van der Waals surface area contributed by atoms with Gasteiger partial charge in [-0.2, -0.15) is 5.10 Å². The maximum atomic E-state index is 13.3. The van der Waals surface area contributed by atoms with E-state index in [1.165, 1.54) is 35.5 Å². The molecule has 0 spiro atoms. The third-order valence-corrected chi connectivity index (χ3v) is 6.07. The number of nitrogens with one attached hydrogen (secondary N) is 1. The van der Waals surface area contributed by atoms with Crippen LogP contribution >= 0.6 is 11.6 Å². The lowest BCUT2D eigenvalue weighted by Crippen LogP contribution is -2.35. The van der Waals surface area contributed by atoms with Crippen LogP contribution in [0.1, 0.15) is 59.8 Å². The molecule has 1 atom stereocenters. The Kier molecular flexibility index (Phi) is 13.0. The smallest absolute Gasteiger partial charge is 0.342 e. The Labute approximate surface area is 225 Å². The molecule has 202 valence electrons. The molecule has 1 aliphatic rings. The Morgan fingerprint density at radius 2 is 1.95 bits per heavy atom. The summed E-state index contributed by atoms with van der Waals surface area (Å²) < 4.78 is 13.3. The molecule has 1 N–H and O–H groups in total. The number of hydrogen-bond donors (Lipinski definition) is 1. The normalized spacial score (nSPS) is 17.5. The van der Waals surface area contributed by atoms with Gasteiger partial charge in [-0.25, -0.2) is 14.2 Å². The second-order valence-electron chi connectivity index (χ2n) is 9.80. The Morgan fingerprint density at radius 3 is 2.62 bits per heavy atom. The first kappa shape index (κ1) is 30.2. The average molecular weight is 532 g/mol. The second kappa shape index (κ2) is 16.0. The molecule has 7 nitrogen and oxygen atoms in total. The minimum absolute atomic E-state index is 0.196. The number of aliphatic imine (C=N–C) groups is 1. The van der Waals surface area contributed by atoms with Crippen LogP contribution in [0.3, 0.4) is 0 Å². The highest BCUT2D eigenvalue weighted by atomic mass is 35.5. The van der Waals surface area contributed by atoms with Crippen molar-refractivity contribution in [2.24, 2.45) is 21.9 Å². The van der Waals surface area contributed by atoms with Crippen LogP contribution in [-0.4, -0.2) is 53.9 Å². The molecule has 1 aliphatic heterocycles. The molecule has 0 aromatic heterocycles. The molecule has 1 unspecified atom stereocenters. The molecule has 1 heterocycles. The van der Waals surface area contributed by atoms with Crippen molar-refractivity contribution in [3.05, 3.63) is 53.0 Å². The molecule has 1 fully saturated rings. The molecule has 0 aliphatic carbocycles. The highest BCUT2D eigenvalue weighted by Gasteiger charge is 2.24. The SMILES string of the molecule is C\C(Cl)=C/N=C/C=C(C)/C=N/N(CC1CCCN(C(=O)CCC(C)C)CC1)C(=O)Nc1ccc(F)cc1. The second-order valence-corrected chi connectivity index (χ2v) is 10.4. The van der Waals surface area contributed by atoms with Crippen LogP contribution in [0.5, 0.6) is 0 Å². The maximum Gasteiger partial charge on any atom is 0.342 e. The molecular formula is C28H39ClFN5O2. The predicted molar refractivity (Wildman–Crippen MR) is 150 cm³/mol. The topological polar surface area (TPSA) is 77.4 Å².